The monoisotopic (exact) mass is 317 g/mol. The van der Waals surface area contributed by atoms with E-state index in [1.54, 1.807) is 4.68 Å². The van der Waals surface area contributed by atoms with Gasteiger partial charge in [0, 0.05) is 5.56 Å². The van der Waals surface area contributed by atoms with Gasteiger partial charge in [0.15, 0.2) is 5.69 Å². The summed E-state index contributed by atoms with van der Waals surface area (Å²) >= 11 is 0. The van der Waals surface area contributed by atoms with Crippen LogP contribution in [0.3, 0.4) is 0 Å². The molecule has 118 valence electrons. The molecule has 0 bridgehead atoms. The summed E-state index contributed by atoms with van der Waals surface area (Å²) < 4.78 is 7.07. The standard InChI is InChI=1S/C18H15N5O/c1-13-7-9-14(10-8-13)11-23-12-16(20-22-23)17-19-18(24-21-17)15-5-3-2-4-6-15/h2-10,12H,11H2,1H3. The number of rotatable bonds is 4. The Morgan fingerprint density at radius 1 is 1.00 bits per heavy atom. The van der Waals surface area contributed by atoms with Crippen molar-refractivity contribution in [1.82, 2.24) is 25.1 Å². The van der Waals surface area contributed by atoms with E-state index < -0.39 is 0 Å². The Kier molecular flexibility index (Phi) is 3.63. The summed E-state index contributed by atoms with van der Waals surface area (Å²) in [5.74, 6) is 0.905. The molecule has 0 N–H and O–H groups in total. The van der Waals surface area contributed by atoms with Crippen LogP contribution in [0.4, 0.5) is 0 Å². The lowest BCUT2D eigenvalue weighted by atomic mass is 10.1. The first-order chi connectivity index (χ1) is 11.8. The van der Waals surface area contributed by atoms with Crippen LogP contribution in [0.1, 0.15) is 11.1 Å². The van der Waals surface area contributed by atoms with Gasteiger partial charge in [-0.1, -0.05) is 58.4 Å². The van der Waals surface area contributed by atoms with Gasteiger partial charge in [0.2, 0.25) is 5.82 Å². The lowest BCUT2D eigenvalue weighted by molar-refractivity contribution is 0.432. The Morgan fingerprint density at radius 3 is 2.58 bits per heavy atom. The van der Waals surface area contributed by atoms with E-state index in [9.17, 15) is 0 Å². The topological polar surface area (TPSA) is 69.6 Å². The van der Waals surface area contributed by atoms with Gasteiger partial charge in [-0.15, -0.1) is 5.10 Å². The SMILES string of the molecule is Cc1ccc(Cn2cc(-c3noc(-c4ccccc4)n3)nn2)cc1. The van der Waals surface area contributed by atoms with Crippen molar-refractivity contribution in [3.05, 3.63) is 71.9 Å². The van der Waals surface area contributed by atoms with Crippen LogP contribution < -0.4 is 0 Å². The Hall–Kier alpha value is -3.28. The van der Waals surface area contributed by atoms with Crippen LogP contribution in [0.2, 0.25) is 0 Å². The zero-order valence-corrected chi connectivity index (χ0v) is 13.1. The van der Waals surface area contributed by atoms with Crippen molar-refractivity contribution in [2.75, 3.05) is 0 Å². The van der Waals surface area contributed by atoms with Gasteiger partial charge in [-0.3, -0.25) is 0 Å². The molecule has 0 unspecified atom stereocenters. The fraction of sp³-hybridized carbons (Fsp3) is 0.111. The molecule has 0 aliphatic rings. The molecule has 0 aliphatic carbocycles. The second-order valence-electron chi connectivity index (χ2n) is 5.58. The Balaban J connectivity index is 1.55. The molecule has 4 rings (SSSR count). The number of nitrogens with zero attached hydrogens (tertiary/aromatic N) is 5. The highest BCUT2D eigenvalue weighted by atomic mass is 16.5. The van der Waals surface area contributed by atoms with Gasteiger partial charge in [-0.25, -0.2) is 4.68 Å². The van der Waals surface area contributed by atoms with E-state index in [0.29, 0.717) is 24.0 Å². The fourth-order valence-electron chi connectivity index (χ4n) is 2.38. The van der Waals surface area contributed by atoms with Crippen molar-refractivity contribution >= 4 is 0 Å². The first kappa shape index (κ1) is 14.3. The van der Waals surface area contributed by atoms with Crippen LogP contribution >= 0.6 is 0 Å². The summed E-state index contributed by atoms with van der Waals surface area (Å²) in [5, 5.41) is 12.3. The lowest BCUT2D eigenvalue weighted by Gasteiger charge is -2.00. The average Bonchev–Trinajstić information content (AvgIpc) is 3.27. The highest BCUT2D eigenvalue weighted by Gasteiger charge is 2.13. The first-order valence-corrected chi connectivity index (χ1v) is 7.63. The van der Waals surface area contributed by atoms with Crippen LogP contribution in [0.25, 0.3) is 23.0 Å². The molecule has 0 radical (unpaired) electrons. The van der Waals surface area contributed by atoms with Crippen LogP contribution in [-0.4, -0.2) is 25.1 Å². The van der Waals surface area contributed by atoms with Crippen molar-refractivity contribution in [2.45, 2.75) is 13.5 Å². The summed E-state index contributed by atoms with van der Waals surface area (Å²) in [7, 11) is 0. The van der Waals surface area contributed by atoms with E-state index in [2.05, 4.69) is 51.6 Å². The Morgan fingerprint density at radius 2 is 1.79 bits per heavy atom. The molecule has 4 aromatic rings. The molecule has 0 saturated carbocycles. The van der Waals surface area contributed by atoms with Crippen LogP contribution in [0, 0.1) is 6.92 Å². The van der Waals surface area contributed by atoms with Gasteiger partial charge >= 0.3 is 0 Å². The summed E-state index contributed by atoms with van der Waals surface area (Å²) in [5.41, 5.74) is 3.87. The molecule has 24 heavy (non-hydrogen) atoms. The number of hydrogen-bond donors (Lipinski definition) is 0. The molecule has 2 heterocycles. The number of aryl methyl sites for hydroxylation is 1. The van der Waals surface area contributed by atoms with Gasteiger partial charge < -0.3 is 4.52 Å². The van der Waals surface area contributed by atoms with Crippen molar-refractivity contribution in [1.29, 1.82) is 0 Å². The van der Waals surface area contributed by atoms with Gasteiger partial charge in [-0.2, -0.15) is 4.98 Å². The van der Waals surface area contributed by atoms with E-state index in [1.165, 1.54) is 5.56 Å². The minimum absolute atomic E-state index is 0.434. The third kappa shape index (κ3) is 2.94. The normalized spacial score (nSPS) is 10.9. The maximum atomic E-state index is 5.31. The molecular formula is C18H15N5O. The second-order valence-corrected chi connectivity index (χ2v) is 5.58. The van der Waals surface area contributed by atoms with E-state index in [0.717, 1.165) is 11.1 Å². The summed E-state index contributed by atoms with van der Waals surface area (Å²) in [4.78, 5) is 4.39. The number of aromatic nitrogens is 5. The van der Waals surface area contributed by atoms with E-state index in [1.807, 2.05) is 36.5 Å². The second kappa shape index (κ2) is 6.08. The highest BCUT2D eigenvalue weighted by molar-refractivity contribution is 5.56. The molecule has 0 saturated heterocycles. The van der Waals surface area contributed by atoms with E-state index in [-0.39, 0.29) is 0 Å². The number of benzene rings is 2. The molecule has 6 heteroatoms. The van der Waals surface area contributed by atoms with Crippen molar-refractivity contribution < 1.29 is 4.52 Å². The molecule has 0 aliphatic heterocycles. The summed E-state index contributed by atoms with van der Waals surface area (Å²) in [6.07, 6.45) is 1.82. The third-order valence-corrected chi connectivity index (χ3v) is 3.68. The molecule has 0 amide bonds. The predicted molar refractivity (Wildman–Crippen MR) is 89.0 cm³/mol. The van der Waals surface area contributed by atoms with Gasteiger partial charge in [-0.05, 0) is 24.6 Å². The van der Waals surface area contributed by atoms with Crippen molar-refractivity contribution in [3.63, 3.8) is 0 Å². The summed E-state index contributed by atoms with van der Waals surface area (Å²) in [6, 6.07) is 18.0. The Bertz CT molecular complexity index is 941. The molecule has 6 nitrogen and oxygen atoms in total. The smallest absolute Gasteiger partial charge is 0.258 e. The molecular weight excluding hydrogens is 302 g/mol. The minimum Gasteiger partial charge on any atom is -0.334 e. The van der Waals surface area contributed by atoms with E-state index in [4.69, 9.17) is 4.52 Å². The maximum absolute atomic E-state index is 5.31. The molecule has 2 aromatic carbocycles. The largest absolute Gasteiger partial charge is 0.334 e. The average molecular weight is 317 g/mol. The van der Waals surface area contributed by atoms with Crippen LogP contribution in [-0.2, 0) is 6.54 Å². The van der Waals surface area contributed by atoms with Crippen molar-refractivity contribution in [2.24, 2.45) is 0 Å². The van der Waals surface area contributed by atoms with E-state index >= 15 is 0 Å². The minimum atomic E-state index is 0.434. The molecule has 0 atom stereocenters. The van der Waals surface area contributed by atoms with Crippen LogP contribution in [0.5, 0.6) is 0 Å². The summed E-state index contributed by atoms with van der Waals surface area (Å²) in [6.45, 7) is 2.72. The van der Waals surface area contributed by atoms with Gasteiger partial charge in [0.05, 0.1) is 12.7 Å². The van der Waals surface area contributed by atoms with Gasteiger partial charge in [0.1, 0.15) is 0 Å². The molecule has 0 fully saturated rings. The van der Waals surface area contributed by atoms with Gasteiger partial charge in [0.25, 0.3) is 5.89 Å². The predicted octanol–water partition coefficient (Wildman–Crippen LogP) is 3.35. The maximum Gasteiger partial charge on any atom is 0.258 e. The third-order valence-electron chi connectivity index (χ3n) is 3.68. The molecule has 0 spiro atoms. The number of hydrogen-bond acceptors (Lipinski definition) is 5. The fourth-order valence-corrected chi connectivity index (χ4v) is 2.38. The quantitative estimate of drug-likeness (QED) is 0.577. The van der Waals surface area contributed by atoms with Crippen LogP contribution in [0.15, 0.2) is 65.3 Å². The first-order valence-electron chi connectivity index (χ1n) is 7.63. The Labute approximate surface area is 138 Å². The zero-order valence-electron chi connectivity index (χ0n) is 13.1. The zero-order chi connectivity index (χ0) is 16.4. The van der Waals surface area contributed by atoms with Crippen molar-refractivity contribution in [3.8, 4) is 23.0 Å². The highest BCUT2D eigenvalue weighted by Crippen LogP contribution is 2.20. The molecule has 2 aromatic heterocycles. The lowest BCUT2D eigenvalue weighted by Crippen LogP contribution is -2.00.